The lowest BCUT2D eigenvalue weighted by atomic mass is 9.84. The van der Waals surface area contributed by atoms with Crippen LogP contribution in [0.2, 0.25) is 0 Å². The van der Waals surface area contributed by atoms with E-state index in [2.05, 4.69) is 6.58 Å². The summed E-state index contributed by atoms with van der Waals surface area (Å²) in [7, 11) is 0. The molecule has 0 saturated carbocycles. The summed E-state index contributed by atoms with van der Waals surface area (Å²) in [6.45, 7) is 6.90. The highest BCUT2D eigenvalue weighted by Gasteiger charge is 2.29. The Morgan fingerprint density at radius 1 is 1.75 bits per heavy atom. The van der Waals surface area contributed by atoms with Crippen LogP contribution < -0.4 is 0 Å². The predicted octanol–water partition coefficient (Wildman–Crippen LogP) is 2.80. The molecule has 0 radical (unpaired) electrons. The maximum atomic E-state index is 10.8. The molecule has 3 heteroatoms. The maximum Gasteiger partial charge on any atom is 0.313 e. The van der Waals surface area contributed by atoms with Gasteiger partial charge in [0.15, 0.2) is 0 Å². The molecule has 0 aliphatic rings. The summed E-state index contributed by atoms with van der Waals surface area (Å²) in [4.78, 5) is 10.8. The van der Waals surface area contributed by atoms with Crippen LogP contribution >= 0.6 is 11.6 Å². The van der Waals surface area contributed by atoms with Gasteiger partial charge in [0, 0.05) is 5.54 Å². The van der Waals surface area contributed by atoms with E-state index in [9.17, 15) is 4.79 Å². The number of carbonyl (C=O) groups is 1. The van der Waals surface area contributed by atoms with E-state index in [0.29, 0.717) is 6.42 Å². The number of allylic oxidation sites excluding steroid dienone is 1. The predicted molar refractivity (Wildman–Crippen MR) is 50.2 cm³/mol. The summed E-state index contributed by atoms with van der Waals surface area (Å²) in [6.07, 6.45) is 1.83. The smallest absolute Gasteiger partial charge is 0.313 e. The van der Waals surface area contributed by atoms with E-state index in [0.717, 1.165) is 5.57 Å². The molecule has 2 nitrogen and oxygen atoms in total. The zero-order valence-electron chi connectivity index (χ0n) is 7.30. The molecule has 0 bridgehead atoms. The van der Waals surface area contributed by atoms with Gasteiger partial charge < -0.3 is 5.11 Å². The fourth-order valence-electron chi connectivity index (χ4n) is 0.853. The molecule has 1 unspecified atom stereocenters. The zero-order chi connectivity index (χ0) is 9.78. The molecule has 0 aromatic heterocycles. The van der Waals surface area contributed by atoms with Gasteiger partial charge in [-0.2, -0.15) is 0 Å². The lowest BCUT2D eigenvalue weighted by Gasteiger charge is -2.19. The highest BCUT2D eigenvalue weighted by Crippen LogP contribution is 2.27. The van der Waals surface area contributed by atoms with Crippen LogP contribution in [0, 0.1) is 5.41 Å². The number of rotatable bonds is 4. The van der Waals surface area contributed by atoms with Crippen molar-refractivity contribution in [3.05, 3.63) is 23.8 Å². The van der Waals surface area contributed by atoms with Gasteiger partial charge in [0.2, 0.25) is 0 Å². The van der Waals surface area contributed by atoms with E-state index in [4.69, 9.17) is 16.7 Å². The van der Waals surface area contributed by atoms with Gasteiger partial charge in [-0.25, -0.2) is 0 Å². The van der Waals surface area contributed by atoms with Crippen molar-refractivity contribution in [3.8, 4) is 0 Å². The van der Waals surface area contributed by atoms with Crippen LogP contribution in [0.25, 0.3) is 0 Å². The summed E-state index contributed by atoms with van der Waals surface area (Å²) in [5.74, 6) is -0.879. The van der Waals surface area contributed by atoms with E-state index in [1.807, 2.05) is 0 Å². The van der Waals surface area contributed by atoms with Gasteiger partial charge in [-0.15, -0.1) is 6.58 Å². The van der Waals surface area contributed by atoms with Crippen LogP contribution in [0.3, 0.4) is 0 Å². The summed E-state index contributed by atoms with van der Waals surface area (Å²) in [6, 6.07) is 0. The Kier molecular flexibility index (Phi) is 4.04. The second kappa shape index (κ2) is 4.31. The summed E-state index contributed by atoms with van der Waals surface area (Å²) in [5.41, 5.74) is 1.32. The van der Waals surface area contributed by atoms with E-state index >= 15 is 0 Å². The molecule has 0 aromatic carbocycles. The van der Waals surface area contributed by atoms with Crippen molar-refractivity contribution < 1.29 is 9.90 Å². The monoisotopic (exact) mass is 188 g/mol. The average Bonchev–Trinajstić information content (AvgIpc) is 2.03. The van der Waals surface area contributed by atoms with E-state index in [1.54, 1.807) is 13.8 Å². The number of carboxylic acids is 1. The first-order chi connectivity index (χ1) is 5.46. The van der Waals surface area contributed by atoms with Crippen LogP contribution in [0.5, 0.6) is 0 Å². The third-order valence-electron chi connectivity index (χ3n) is 1.77. The quantitative estimate of drug-likeness (QED) is 0.689. The number of hydrogen-bond acceptors (Lipinski definition) is 1. The number of aliphatic carboxylic acids is 1. The highest BCUT2D eigenvalue weighted by molar-refractivity contribution is 6.25. The molecule has 0 aliphatic carbocycles. The van der Waals surface area contributed by atoms with Crippen molar-refractivity contribution >= 4 is 17.6 Å². The number of halogens is 1. The van der Waals surface area contributed by atoms with Gasteiger partial charge in [0.25, 0.3) is 0 Å². The maximum absolute atomic E-state index is 10.8. The minimum atomic E-state index is -0.907. The molecule has 0 heterocycles. The first-order valence-corrected chi connectivity index (χ1v) is 4.03. The molecule has 68 valence electrons. The zero-order valence-corrected chi connectivity index (χ0v) is 8.06. The Hall–Kier alpha value is -0.760. The highest BCUT2D eigenvalue weighted by atomic mass is 35.5. The van der Waals surface area contributed by atoms with Crippen molar-refractivity contribution in [1.29, 1.82) is 0 Å². The van der Waals surface area contributed by atoms with Crippen LogP contribution in [0.4, 0.5) is 0 Å². The molecule has 0 aromatic rings. The van der Waals surface area contributed by atoms with Crippen molar-refractivity contribution in [2.45, 2.75) is 20.3 Å². The van der Waals surface area contributed by atoms with Crippen molar-refractivity contribution in [1.82, 2.24) is 0 Å². The fraction of sp³-hybridized carbons (Fsp3) is 0.444. The van der Waals surface area contributed by atoms with Gasteiger partial charge in [-0.05, 0) is 20.3 Å². The number of hydrogen-bond donors (Lipinski definition) is 1. The standard InChI is InChI=1S/C9H13ClO2/c1-4-9(3,8(11)12)5-7(2)6-10/h4,6H,1,5H2,2-3H3,(H,11,12)/b7-6-. The third kappa shape index (κ3) is 2.70. The summed E-state index contributed by atoms with van der Waals surface area (Å²) < 4.78 is 0. The van der Waals surface area contributed by atoms with Gasteiger partial charge in [-0.3, -0.25) is 4.79 Å². The fourth-order valence-corrected chi connectivity index (χ4v) is 0.930. The Morgan fingerprint density at radius 2 is 2.25 bits per heavy atom. The minimum Gasteiger partial charge on any atom is -0.481 e. The SMILES string of the molecule is C=CC(C)(C/C(C)=C\Cl)C(=O)O. The molecular formula is C9H13ClO2. The van der Waals surface area contributed by atoms with Crippen molar-refractivity contribution in [3.63, 3.8) is 0 Å². The summed E-state index contributed by atoms with van der Waals surface area (Å²) >= 11 is 5.43. The molecule has 0 rings (SSSR count). The van der Waals surface area contributed by atoms with Gasteiger partial charge >= 0.3 is 5.97 Å². The lowest BCUT2D eigenvalue weighted by molar-refractivity contribution is -0.145. The van der Waals surface area contributed by atoms with E-state index in [1.165, 1.54) is 11.6 Å². The summed E-state index contributed by atoms with van der Waals surface area (Å²) in [5, 5.41) is 8.84. The third-order valence-corrected chi connectivity index (χ3v) is 2.14. The van der Waals surface area contributed by atoms with E-state index < -0.39 is 11.4 Å². The Morgan fingerprint density at radius 3 is 2.50 bits per heavy atom. The molecule has 12 heavy (non-hydrogen) atoms. The molecular weight excluding hydrogens is 176 g/mol. The molecule has 0 amide bonds. The molecule has 0 fully saturated rings. The Balaban J connectivity index is 4.56. The van der Waals surface area contributed by atoms with E-state index in [-0.39, 0.29) is 0 Å². The normalized spacial score (nSPS) is 16.8. The first kappa shape index (κ1) is 11.2. The Bertz CT molecular complexity index is 221. The van der Waals surface area contributed by atoms with Gasteiger partial charge in [0.05, 0.1) is 5.41 Å². The van der Waals surface area contributed by atoms with Gasteiger partial charge in [-0.1, -0.05) is 23.3 Å². The average molecular weight is 189 g/mol. The molecule has 1 N–H and O–H groups in total. The van der Waals surface area contributed by atoms with Crippen molar-refractivity contribution in [2.24, 2.45) is 5.41 Å². The molecule has 0 spiro atoms. The molecule has 0 saturated heterocycles. The van der Waals surface area contributed by atoms with Crippen LogP contribution in [-0.4, -0.2) is 11.1 Å². The Labute approximate surface area is 77.5 Å². The van der Waals surface area contributed by atoms with Crippen LogP contribution in [0.1, 0.15) is 20.3 Å². The largest absolute Gasteiger partial charge is 0.481 e. The van der Waals surface area contributed by atoms with Gasteiger partial charge in [0.1, 0.15) is 0 Å². The molecule has 1 atom stereocenters. The van der Waals surface area contributed by atoms with Crippen LogP contribution in [0.15, 0.2) is 23.8 Å². The first-order valence-electron chi connectivity index (χ1n) is 3.59. The number of carboxylic acid groups (broad SMARTS) is 1. The molecule has 0 aliphatic heterocycles. The van der Waals surface area contributed by atoms with Crippen molar-refractivity contribution in [2.75, 3.05) is 0 Å². The second-order valence-electron chi connectivity index (χ2n) is 3.06. The van der Waals surface area contributed by atoms with Crippen LogP contribution in [-0.2, 0) is 4.79 Å². The topological polar surface area (TPSA) is 37.3 Å². The second-order valence-corrected chi connectivity index (χ2v) is 3.28. The lowest BCUT2D eigenvalue weighted by Crippen LogP contribution is -2.24. The minimum absolute atomic E-state index is 0.398.